The first-order valence-electron chi connectivity index (χ1n) is 10.4. The molecule has 154 valence electrons. The molecule has 0 aliphatic carbocycles. The third kappa shape index (κ3) is 3.18. The molecule has 8 heteroatoms. The lowest BCUT2D eigenvalue weighted by molar-refractivity contribution is -0.131. The van der Waals surface area contributed by atoms with Crippen molar-refractivity contribution in [3.63, 3.8) is 0 Å². The molecule has 5 rings (SSSR count). The molecule has 0 bridgehead atoms. The first kappa shape index (κ1) is 18.6. The summed E-state index contributed by atoms with van der Waals surface area (Å²) < 4.78 is 1.87. The van der Waals surface area contributed by atoms with Gasteiger partial charge < -0.3 is 15.2 Å². The second kappa shape index (κ2) is 7.44. The highest BCUT2D eigenvalue weighted by Crippen LogP contribution is 2.34. The van der Waals surface area contributed by atoms with E-state index in [-0.39, 0.29) is 11.9 Å². The van der Waals surface area contributed by atoms with Crippen molar-refractivity contribution in [2.45, 2.75) is 32.2 Å². The van der Waals surface area contributed by atoms with E-state index in [9.17, 15) is 4.79 Å². The van der Waals surface area contributed by atoms with Gasteiger partial charge in [-0.05, 0) is 30.5 Å². The number of nitrogens with one attached hydrogen (secondary N) is 2. The Bertz CT molecular complexity index is 1220. The van der Waals surface area contributed by atoms with E-state index in [0.29, 0.717) is 13.0 Å². The fraction of sp³-hybridized carbons (Fsp3) is 0.364. The molecule has 1 aromatic carbocycles. The van der Waals surface area contributed by atoms with Gasteiger partial charge in [-0.3, -0.25) is 9.48 Å². The molecule has 1 atom stereocenters. The highest BCUT2D eigenvalue weighted by Gasteiger charge is 2.24. The molecule has 1 saturated heterocycles. The smallest absolute Gasteiger partial charge is 0.222 e. The topological polar surface area (TPSA) is 91.7 Å². The molecule has 3 aromatic heterocycles. The number of carbonyl (C=O) groups is 1. The number of likely N-dealkylation sites (tertiary alicyclic amines) is 1. The lowest BCUT2D eigenvalue weighted by Crippen LogP contribution is -2.45. The largest absolute Gasteiger partial charge is 0.365 e. The van der Waals surface area contributed by atoms with Gasteiger partial charge in [-0.25, -0.2) is 9.97 Å². The number of H-pyrrole nitrogens is 1. The zero-order valence-corrected chi connectivity index (χ0v) is 17.2. The number of hydrogen-bond donors (Lipinski definition) is 2. The van der Waals surface area contributed by atoms with Crippen molar-refractivity contribution >= 4 is 33.7 Å². The van der Waals surface area contributed by atoms with E-state index in [4.69, 9.17) is 0 Å². The number of aryl methyl sites for hydroxylation is 1. The summed E-state index contributed by atoms with van der Waals surface area (Å²) in [6.45, 7) is 3.46. The van der Waals surface area contributed by atoms with Crippen LogP contribution in [0.5, 0.6) is 0 Å². The van der Waals surface area contributed by atoms with Crippen LogP contribution in [0.15, 0.2) is 36.9 Å². The second-order valence-corrected chi connectivity index (χ2v) is 7.87. The highest BCUT2D eigenvalue weighted by atomic mass is 16.2. The van der Waals surface area contributed by atoms with Gasteiger partial charge in [-0.1, -0.05) is 13.0 Å². The minimum absolute atomic E-state index is 0.177. The molecule has 2 N–H and O–H groups in total. The number of amides is 1. The number of aromatic amines is 1. The van der Waals surface area contributed by atoms with Gasteiger partial charge in [0, 0.05) is 49.7 Å². The number of benzene rings is 1. The van der Waals surface area contributed by atoms with Crippen molar-refractivity contribution in [1.29, 1.82) is 0 Å². The molecule has 1 fully saturated rings. The Balaban J connectivity index is 1.50. The number of hydrogen-bond acceptors (Lipinski definition) is 5. The molecule has 1 aliphatic heterocycles. The first-order chi connectivity index (χ1) is 14.6. The molecular formula is C22H25N7O. The van der Waals surface area contributed by atoms with Gasteiger partial charge in [0.15, 0.2) is 0 Å². The molecule has 0 unspecified atom stereocenters. The summed E-state index contributed by atoms with van der Waals surface area (Å²) in [5.74, 6) is 1.01. The molecule has 1 aliphatic rings. The summed E-state index contributed by atoms with van der Waals surface area (Å²) in [6.07, 6.45) is 7.99. The Labute approximate surface area is 174 Å². The lowest BCUT2D eigenvalue weighted by atomic mass is 10.0. The molecule has 30 heavy (non-hydrogen) atoms. The lowest BCUT2D eigenvalue weighted by Gasteiger charge is -2.33. The van der Waals surface area contributed by atoms with Crippen LogP contribution < -0.4 is 5.32 Å². The molecule has 0 radical (unpaired) electrons. The van der Waals surface area contributed by atoms with Crippen LogP contribution in [0, 0.1) is 0 Å². The van der Waals surface area contributed by atoms with Crippen LogP contribution in [0.4, 0.5) is 5.82 Å². The molecule has 0 saturated carbocycles. The number of anilines is 1. The third-order valence-corrected chi connectivity index (χ3v) is 5.94. The average Bonchev–Trinajstić information content (AvgIpc) is 3.37. The Kier molecular flexibility index (Phi) is 4.61. The maximum absolute atomic E-state index is 12.1. The van der Waals surface area contributed by atoms with E-state index >= 15 is 0 Å². The number of piperidine rings is 1. The number of carbonyl (C=O) groups excluding carboxylic acids is 1. The number of aromatic nitrogens is 5. The summed E-state index contributed by atoms with van der Waals surface area (Å²) >= 11 is 0. The van der Waals surface area contributed by atoms with Gasteiger partial charge in [-0.15, -0.1) is 0 Å². The Morgan fingerprint density at radius 1 is 1.33 bits per heavy atom. The van der Waals surface area contributed by atoms with Gasteiger partial charge in [0.25, 0.3) is 0 Å². The van der Waals surface area contributed by atoms with Crippen molar-refractivity contribution in [1.82, 2.24) is 29.6 Å². The minimum Gasteiger partial charge on any atom is -0.365 e. The van der Waals surface area contributed by atoms with Crippen LogP contribution in [0.1, 0.15) is 26.2 Å². The van der Waals surface area contributed by atoms with Crippen molar-refractivity contribution in [2.75, 3.05) is 18.4 Å². The Hall–Kier alpha value is -3.42. The monoisotopic (exact) mass is 403 g/mol. The van der Waals surface area contributed by atoms with Crippen LogP contribution in [0.3, 0.4) is 0 Å². The summed E-state index contributed by atoms with van der Waals surface area (Å²) in [5, 5.41) is 10.00. The van der Waals surface area contributed by atoms with Gasteiger partial charge in [0.05, 0.1) is 17.1 Å². The summed E-state index contributed by atoms with van der Waals surface area (Å²) in [6, 6.07) is 6.51. The van der Waals surface area contributed by atoms with E-state index in [1.54, 1.807) is 6.33 Å². The fourth-order valence-corrected chi connectivity index (χ4v) is 4.37. The maximum atomic E-state index is 12.1. The average molecular weight is 403 g/mol. The SMILES string of the molecule is CCC(=O)N1CCC[C@@H](Nc2ncnc3[nH]cc(-c4ccc5c(cnn5C)c4)c23)C1. The third-order valence-electron chi connectivity index (χ3n) is 5.94. The minimum atomic E-state index is 0.177. The van der Waals surface area contributed by atoms with Crippen LogP contribution in [0.2, 0.25) is 0 Å². The molecule has 4 heterocycles. The Morgan fingerprint density at radius 3 is 3.10 bits per heavy atom. The van der Waals surface area contributed by atoms with Gasteiger partial charge in [0.1, 0.15) is 17.8 Å². The van der Waals surface area contributed by atoms with Crippen molar-refractivity contribution in [3.8, 4) is 11.1 Å². The summed E-state index contributed by atoms with van der Waals surface area (Å²) in [5.41, 5.74) is 4.03. The van der Waals surface area contributed by atoms with Gasteiger partial charge >= 0.3 is 0 Å². The van der Waals surface area contributed by atoms with E-state index in [2.05, 4.69) is 43.6 Å². The van der Waals surface area contributed by atoms with E-state index in [1.165, 1.54) is 0 Å². The van der Waals surface area contributed by atoms with Crippen LogP contribution in [-0.2, 0) is 11.8 Å². The summed E-state index contributed by atoms with van der Waals surface area (Å²) in [7, 11) is 1.94. The standard InChI is InChI=1S/C22H25N7O/c1-3-19(30)29-8-4-5-16(12-29)27-22-20-17(11-23-21(20)24-13-25-22)14-6-7-18-15(9-14)10-26-28(18)2/h6-7,9-11,13,16H,3-5,8,12H2,1-2H3,(H2,23,24,25,27)/t16-/m1/s1. The second-order valence-electron chi connectivity index (χ2n) is 7.87. The van der Waals surface area contributed by atoms with E-state index < -0.39 is 0 Å². The van der Waals surface area contributed by atoms with Crippen LogP contribution >= 0.6 is 0 Å². The zero-order valence-electron chi connectivity index (χ0n) is 17.2. The first-order valence-corrected chi connectivity index (χ1v) is 10.4. The van der Waals surface area contributed by atoms with E-state index in [0.717, 1.165) is 58.3 Å². The molecule has 8 nitrogen and oxygen atoms in total. The molecule has 4 aromatic rings. The molecule has 0 spiro atoms. The van der Waals surface area contributed by atoms with Gasteiger partial charge in [0.2, 0.25) is 5.91 Å². The number of nitrogens with zero attached hydrogens (tertiary/aromatic N) is 5. The van der Waals surface area contributed by atoms with Crippen molar-refractivity contribution in [2.24, 2.45) is 7.05 Å². The van der Waals surface area contributed by atoms with Crippen molar-refractivity contribution in [3.05, 3.63) is 36.9 Å². The molecular weight excluding hydrogens is 378 g/mol. The van der Waals surface area contributed by atoms with Crippen molar-refractivity contribution < 1.29 is 4.79 Å². The fourth-order valence-electron chi connectivity index (χ4n) is 4.37. The highest BCUT2D eigenvalue weighted by molar-refractivity contribution is 6.02. The Morgan fingerprint density at radius 2 is 2.23 bits per heavy atom. The predicted molar refractivity (Wildman–Crippen MR) is 117 cm³/mol. The predicted octanol–water partition coefficient (Wildman–Crippen LogP) is 3.32. The zero-order chi connectivity index (χ0) is 20.7. The van der Waals surface area contributed by atoms with Crippen LogP contribution in [-0.4, -0.2) is 54.7 Å². The normalized spacial score (nSPS) is 17.0. The molecule has 1 amide bonds. The number of rotatable bonds is 4. The quantitative estimate of drug-likeness (QED) is 0.545. The summed E-state index contributed by atoms with van der Waals surface area (Å²) in [4.78, 5) is 26.3. The number of fused-ring (bicyclic) bond motifs is 2. The van der Waals surface area contributed by atoms with E-state index in [1.807, 2.05) is 35.9 Å². The maximum Gasteiger partial charge on any atom is 0.222 e. The van der Waals surface area contributed by atoms with Gasteiger partial charge in [-0.2, -0.15) is 5.10 Å². The van der Waals surface area contributed by atoms with Crippen LogP contribution in [0.25, 0.3) is 33.1 Å².